The maximum Gasteiger partial charge on any atom is 0.318 e. The van der Waals surface area contributed by atoms with Gasteiger partial charge in [0.2, 0.25) is 0 Å². The lowest BCUT2D eigenvalue weighted by Crippen LogP contribution is -2.41. The number of carbonyl (C=O) groups is 1. The highest BCUT2D eigenvalue weighted by atomic mass is 16.5. The molecule has 0 aliphatic carbocycles. The summed E-state index contributed by atoms with van der Waals surface area (Å²) in [7, 11) is 0. The molecule has 0 bridgehead atoms. The molecule has 4 aromatic rings. The van der Waals surface area contributed by atoms with Gasteiger partial charge in [-0.2, -0.15) is 0 Å². The van der Waals surface area contributed by atoms with E-state index in [1.54, 1.807) is 0 Å². The molecule has 3 aromatic carbocycles. The Morgan fingerprint density at radius 3 is 2.50 bits per heavy atom. The largest absolute Gasteiger partial charge is 0.494 e. The topological polar surface area (TPSA) is 46.5 Å². The molecule has 1 aliphatic heterocycles. The maximum atomic E-state index is 13.7. The Labute approximate surface area is 200 Å². The molecule has 0 fully saturated rings. The fraction of sp³-hybridized carbons (Fsp3) is 0.207. The highest BCUT2D eigenvalue weighted by Gasteiger charge is 2.32. The summed E-state index contributed by atoms with van der Waals surface area (Å²) in [6.45, 7) is 5.65. The molecule has 2 heterocycles. The van der Waals surface area contributed by atoms with Crippen LogP contribution in [0.5, 0.6) is 5.75 Å². The van der Waals surface area contributed by atoms with E-state index >= 15 is 0 Å². The van der Waals surface area contributed by atoms with Crippen molar-refractivity contribution in [2.75, 3.05) is 6.61 Å². The zero-order valence-corrected chi connectivity index (χ0v) is 19.6. The van der Waals surface area contributed by atoms with Crippen LogP contribution in [0.25, 0.3) is 5.69 Å². The number of nitrogens with zero attached hydrogens (tertiary/aromatic N) is 2. The molecule has 0 saturated carbocycles. The molecule has 1 N–H and O–H groups in total. The molecule has 1 aliphatic rings. The van der Waals surface area contributed by atoms with E-state index in [0.29, 0.717) is 19.7 Å². The Kier molecular flexibility index (Phi) is 6.09. The van der Waals surface area contributed by atoms with Gasteiger partial charge in [0.05, 0.1) is 24.9 Å². The lowest BCUT2D eigenvalue weighted by atomic mass is 10.0. The summed E-state index contributed by atoms with van der Waals surface area (Å²) in [5, 5.41) is 3.15. The summed E-state index contributed by atoms with van der Waals surface area (Å²) in [4.78, 5) is 15.6. The van der Waals surface area contributed by atoms with E-state index in [4.69, 9.17) is 4.74 Å². The fourth-order valence-electron chi connectivity index (χ4n) is 4.59. The van der Waals surface area contributed by atoms with E-state index in [9.17, 15) is 4.79 Å². The SMILES string of the molecule is CCOc1ccc([C@@H]2c3cccn3-c3ccccc3CN2C(=O)NCc2ccc(C)cc2)cc1. The van der Waals surface area contributed by atoms with Gasteiger partial charge in [0, 0.05) is 18.4 Å². The molecule has 0 spiro atoms. The number of aryl methyl sites for hydroxylation is 1. The number of nitrogens with one attached hydrogen (secondary N) is 1. The Balaban J connectivity index is 1.52. The first kappa shape index (κ1) is 21.8. The first-order valence-corrected chi connectivity index (χ1v) is 11.7. The molecular formula is C29H29N3O2. The van der Waals surface area contributed by atoms with Crippen LogP contribution in [0.1, 0.15) is 40.9 Å². The third kappa shape index (κ3) is 4.29. The third-order valence-electron chi connectivity index (χ3n) is 6.30. The van der Waals surface area contributed by atoms with Gasteiger partial charge in [-0.3, -0.25) is 0 Å². The van der Waals surface area contributed by atoms with E-state index in [0.717, 1.165) is 33.8 Å². The average Bonchev–Trinajstić information content (AvgIpc) is 3.29. The van der Waals surface area contributed by atoms with Gasteiger partial charge in [-0.05, 0) is 60.9 Å². The molecule has 0 saturated heterocycles. The van der Waals surface area contributed by atoms with E-state index in [2.05, 4.69) is 77.6 Å². The second-order valence-corrected chi connectivity index (χ2v) is 8.61. The summed E-state index contributed by atoms with van der Waals surface area (Å²) >= 11 is 0. The van der Waals surface area contributed by atoms with Crippen molar-refractivity contribution in [3.63, 3.8) is 0 Å². The van der Waals surface area contributed by atoms with Crippen LogP contribution in [0.4, 0.5) is 4.79 Å². The minimum Gasteiger partial charge on any atom is -0.494 e. The molecule has 1 aromatic heterocycles. The number of hydrogen-bond acceptors (Lipinski definition) is 2. The normalized spacial score (nSPS) is 14.6. The van der Waals surface area contributed by atoms with Crippen LogP contribution >= 0.6 is 0 Å². The number of rotatable bonds is 5. The van der Waals surface area contributed by atoms with Crippen molar-refractivity contribution in [1.29, 1.82) is 0 Å². The van der Waals surface area contributed by atoms with Crippen LogP contribution in [0, 0.1) is 6.92 Å². The van der Waals surface area contributed by atoms with Crippen LogP contribution in [0.3, 0.4) is 0 Å². The van der Waals surface area contributed by atoms with Gasteiger partial charge in [-0.25, -0.2) is 4.79 Å². The van der Waals surface area contributed by atoms with Gasteiger partial charge in [0.1, 0.15) is 5.75 Å². The predicted molar refractivity (Wildman–Crippen MR) is 134 cm³/mol. The Morgan fingerprint density at radius 2 is 1.74 bits per heavy atom. The minimum atomic E-state index is -0.240. The molecule has 5 heteroatoms. The smallest absolute Gasteiger partial charge is 0.318 e. The van der Waals surface area contributed by atoms with E-state index in [-0.39, 0.29) is 12.1 Å². The van der Waals surface area contributed by atoms with Gasteiger partial charge >= 0.3 is 6.03 Å². The van der Waals surface area contributed by atoms with Crippen molar-refractivity contribution in [1.82, 2.24) is 14.8 Å². The highest BCUT2D eigenvalue weighted by molar-refractivity contribution is 5.76. The van der Waals surface area contributed by atoms with Crippen LogP contribution in [0.2, 0.25) is 0 Å². The number of amides is 2. The molecule has 1 atom stereocenters. The highest BCUT2D eigenvalue weighted by Crippen LogP contribution is 2.37. The summed E-state index contributed by atoms with van der Waals surface area (Å²) in [5.41, 5.74) is 6.60. The van der Waals surface area contributed by atoms with Gasteiger partial charge in [-0.15, -0.1) is 0 Å². The summed E-state index contributed by atoms with van der Waals surface area (Å²) in [6.07, 6.45) is 2.07. The molecule has 5 nitrogen and oxygen atoms in total. The summed E-state index contributed by atoms with van der Waals surface area (Å²) in [5.74, 6) is 0.828. The lowest BCUT2D eigenvalue weighted by molar-refractivity contribution is 0.180. The van der Waals surface area contributed by atoms with E-state index < -0.39 is 0 Å². The summed E-state index contributed by atoms with van der Waals surface area (Å²) in [6, 6.07) is 28.4. The van der Waals surface area contributed by atoms with Gasteiger partial charge in [0.25, 0.3) is 0 Å². The molecule has 172 valence electrons. The van der Waals surface area contributed by atoms with Crippen molar-refractivity contribution < 1.29 is 9.53 Å². The molecule has 0 radical (unpaired) electrons. The van der Waals surface area contributed by atoms with Crippen molar-refractivity contribution >= 4 is 6.03 Å². The number of benzene rings is 3. The van der Waals surface area contributed by atoms with E-state index in [1.807, 2.05) is 42.2 Å². The second-order valence-electron chi connectivity index (χ2n) is 8.61. The van der Waals surface area contributed by atoms with E-state index in [1.165, 1.54) is 5.56 Å². The molecule has 34 heavy (non-hydrogen) atoms. The zero-order valence-electron chi connectivity index (χ0n) is 19.6. The Bertz CT molecular complexity index is 1280. The summed E-state index contributed by atoms with van der Waals surface area (Å²) < 4.78 is 7.85. The standard InChI is InChI=1S/C29H29N3O2/c1-3-34-25-16-14-23(15-17-25)28-27-9-6-18-31(27)26-8-5-4-7-24(26)20-32(28)29(33)30-19-22-12-10-21(2)11-13-22/h4-18,28H,3,19-20H2,1-2H3,(H,30,33)/t28-/m1/s1. The van der Waals surface area contributed by atoms with Crippen LogP contribution in [-0.2, 0) is 13.1 Å². The predicted octanol–water partition coefficient (Wildman–Crippen LogP) is 6.00. The van der Waals surface area contributed by atoms with Gasteiger partial charge in [-0.1, -0.05) is 60.2 Å². The van der Waals surface area contributed by atoms with Crippen LogP contribution in [0.15, 0.2) is 91.1 Å². The van der Waals surface area contributed by atoms with Gasteiger partial charge < -0.3 is 19.5 Å². The number of para-hydroxylation sites is 1. The zero-order chi connectivity index (χ0) is 23.5. The van der Waals surface area contributed by atoms with Crippen LogP contribution < -0.4 is 10.1 Å². The minimum absolute atomic E-state index is 0.0936. The number of urea groups is 1. The van der Waals surface area contributed by atoms with Crippen LogP contribution in [-0.4, -0.2) is 22.1 Å². The number of fused-ring (bicyclic) bond motifs is 3. The first-order valence-electron chi connectivity index (χ1n) is 11.7. The molecule has 2 amide bonds. The van der Waals surface area contributed by atoms with Crippen molar-refractivity contribution in [3.05, 3.63) is 119 Å². The molecule has 5 rings (SSSR count). The van der Waals surface area contributed by atoms with Crippen molar-refractivity contribution in [2.45, 2.75) is 33.0 Å². The second kappa shape index (κ2) is 9.48. The van der Waals surface area contributed by atoms with Gasteiger partial charge in [0.15, 0.2) is 0 Å². The lowest BCUT2D eigenvalue weighted by Gasteiger charge is -2.31. The maximum absolute atomic E-state index is 13.7. The quantitative estimate of drug-likeness (QED) is 0.405. The number of aromatic nitrogens is 1. The van der Waals surface area contributed by atoms with Crippen molar-refractivity contribution in [3.8, 4) is 11.4 Å². The monoisotopic (exact) mass is 451 g/mol. The Hall–Kier alpha value is -3.99. The number of carbonyl (C=O) groups excluding carboxylic acids is 1. The number of ether oxygens (including phenoxy) is 1. The third-order valence-corrected chi connectivity index (χ3v) is 6.30. The fourth-order valence-corrected chi connectivity index (χ4v) is 4.59. The molecule has 0 unspecified atom stereocenters. The first-order chi connectivity index (χ1) is 16.6. The number of hydrogen-bond donors (Lipinski definition) is 1. The molecular weight excluding hydrogens is 422 g/mol. The average molecular weight is 452 g/mol. The van der Waals surface area contributed by atoms with Crippen molar-refractivity contribution in [2.24, 2.45) is 0 Å². The Morgan fingerprint density at radius 1 is 0.971 bits per heavy atom.